The Morgan fingerprint density at radius 2 is 1.63 bits per heavy atom. The lowest BCUT2D eigenvalue weighted by Crippen LogP contribution is -2.54. The Hall–Kier alpha value is -0.300. The summed E-state index contributed by atoms with van der Waals surface area (Å²) in [5.41, 5.74) is 2.76. The van der Waals surface area contributed by atoms with Crippen molar-refractivity contribution < 1.29 is 5.11 Å². The molecule has 1 heteroatoms. The smallest absolute Gasteiger partial charge is 0.0543 e. The predicted molar refractivity (Wildman–Crippen MR) is 128 cm³/mol. The molecular formula is C29H50O. The van der Waals surface area contributed by atoms with Crippen LogP contribution in [0.2, 0.25) is 0 Å². The third-order valence-electron chi connectivity index (χ3n) is 11.3. The van der Waals surface area contributed by atoms with E-state index >= 15 is 0 Å². The zero-order chi connectivity index (χ0) is 21.7. The minimum absolute atomic E-state index is 0.0166. The number of aliphatic hydroxyl groups excluding tert-OH is 1. The van der Waals surface area contributed by atoms with Crippen molar-refractivity contribution in [2.45, 2.75) is 118 Å². The van der Waals surface area contributed by atoms with Gasteiger partial charge in [0.1, 0.15) is 0 Å². The minimum Gasteiger partial charge on any atom is -0.393 e. The van der Waals surface area contributed by atoms with E-state index in [0.29, 0.717) is 16.7 Å². The van der Waals surface area contributed by atoms with Gasteiger partial charge >= 0.3 is 0 Å². The van der Waals surface area contributed by atoms with E-state index in [9.17, 15) is 5.11 Å². The quantitative estimate of drug-likeness (QED) is 0.451. The summed E-state index contributed by atoms with van der Waals surface area (Å²) in [6.07, 6.45) is 17.3. The molecule has 0 aromatic rings. The molecule has 1 N–H and O–H groups in total. The van der Waals surface area contributed by atoms with Crippen molar-refractivity contribution >= 4 is 0 Å². The average molecular weight is 415 g/mol. The van der Waals surface area contributed by atoms with Crippen molar-refractivity contribution in [1.82, 2.24) is 0 Å². The van der Waals surface area contributed by atoms with Gasteiger partial charge in [-0.1, -0.05) is 53.2 Å². The monoisotopic (exact) mass is 414 g/mol. The van der Waals surface area contributed by atoms with E-state index in [-0.39, 0.29) is 6.10 Å². The Morgan fingerprint density at radius 3 is 2.33 bits per heavy atom. The van der Waals surface area contributed by atoms with Crippen LogP contribution < -0.4 is 0 Å². The lowest BCUT2D eigenvalue weighted by molar-refractivity contribution is -0.129. The predicted octanol–water partition coefficient (Wildman–Crippen LogP) is 8.02. The Labute approximate surface area is 187 Å². The summed E-state index contributed by atoms with van der Waals surface area (Å²) >= 11 is 0. The van der Waals surface area contributed by atoms with Gasteiger partial charge in [0.15, 0.2) is 0 Å². The van der Waals surface area contributed by atoms with Crippen LogP contribution in [0, 0.1) is 52.3 Å². The zero-order valence-corrected chi connectivity index (χ0v) is 20.9. The van der Waals surface area contributed by atoms with Crippen LogP contribution in [-0.2, 0) is 0 Å². The number of fused-ring (bicyclic) bond motifs is 5. The summed E-state index contributed by atoms with van der Waals surface area (Å²) in [7, 11) is 0. The maximum absolute atomic E-state index is 10.3. The first-order chi connectivity index (χ1) is 14.2. The third-order valence-corrected chi connectivity index (χ3v) is 11.3. The molecule has 4 aliphatic carbocycles. The Kier molecular flexibility index (Phi) is 6.53. The summed E-state index contributed by atoms with van der Waals surface area (Å²) in [5.74, 6) is 6.11. The molecule has 4 fully saturated rings. The molecular weight excluding hydrogens is 364 g/mol. The van der Waals surface area contributed by atoms with Crippen LogP contribution in [0.25, 0.3) is 0 Å². The number of hydrogen-bond donors (Lipinski definition) is 1. The van der Waals surface area contributed by atoms with E-state index in [1.165, 1.54) is 57.8 Å². The molecule has 9 atom stereocenters. The standard InChI is InChI=1S/C29H50O/c1-7-21(19(2)3)9-8-20(4)25-12-13-26-24-11-10-22-18-23(30)14-16-28(22,5)27(24)15-17-29(25,26)6/h9,19-20,22-27,30H,7-8,10-18H2,1-6H3/b21-9+/t20-,22+,23+,24+,25+,26+,27+,28+,29-/m1/s1. The number of aliphatic hydroxyl groups is 1. The van der Waals surface area contributed by atoms with Gasteiger partial charge in [0.05, 0.1) is 6.10 Å². The molecule has 0 aromatic heterocycles. The molecule has 0 unspecified atom stereocenters. The fourth-order valence-corrected chi connectivity index (χ4v) is 9.50. The lowest BCUT2D eigenvalue weighted by Gasteiger charge is -2.61. The molecule has 0 amide bonds. The van der Waals surface area contributed by atoms with Crippen LogP contribution in [-0.4, -0.2) is 11.2 Å². The van der Waals surface area contributed by atoms with E-state index in [1.807, 2.05) is 0 Å². The fraction of sp³-hybridized carbons (Fsp3) is 0.931. The van der Waals surface area contributed by atoms with Gasteiger partial charge in [-0.2, -0.15) is 0 Å². The first-order valence-corrected chi connectivity index (χ1v) is 13.6. The highest BCUT2D eigenvalue weighted by Crippen LogP contribution is 2.68. The molecule has 0 heterocycles. The van der Waals surface area contributed by atoms with Crippen molar-refractivity contribution in [3.8, 4) is 0 Å². The molecule has 172 valence electrons. The Bertz CT molecular complexity index is 634. The van der Waals surface area contributed by atoms with E-state index in [4.69, 9.17) is 0 Å². The van der Waals surface area contributed by atoms with Gasteiger partial charge in [0, 0.05) is 0 Å². The van der Waals surface area contributed by atoms with E-state index in [1.54, 1.807) is 5.57 Å². The number of rotatable bonds is 5. The summed E-state index contributed by atoms with van der Waals surface area (Å²) in [5, 5.41) is 10.3. The Balaban J connectivity index is 1.49. The summed E-state index contributed by atoms with van der Waals surface area (Å²) in [4.78, 5) is 0. The highest BCUT2D eigenvalue weighted by molar-refractivity contribution is 5.11. The van der Waals surface area contributed by atoms with Gasteiger partial charge in [0.25, 0.3) is 0 Å². The number of allylic oxidation sites excluding steroid dienone is 2. The molecule has 4 aliphatic rings. The molecule has 4 rings (SSSR count). The van der Waals surface area contributed by atoms with Gasteiger partial charge in [-0.15, -0.1) is 0 Å². The second-order valence-electron chi connectivity index (χ2n) is 12.8. The molecule has 0 spiro atoms. The molecule has 0 saturated heterocycles. The van der Waals surface area contributed by atoms with Gasteiger partial charge < -0.3 is 5.11 Å². The molecule has 0 aliphatic heterocycles. The van der Waals surface area contributed by atoms with Crippen LogP contribution in [0.5, 0.6) is 0 Å². The van der Waals surface area contributed by atoms with Crippen LogP contribution >= 0.6 is 0 Å². The second kappa shape index (κ2) is 8.57. The van der Waals surface area contributed by atoms with Gasteiger partial charge in [-0.25, -0.2) is 0 Å². The fourth-order valence-electron chi connectivity index (χ4n) is 9.50. The van der Waals surface area contributed by atoms with Crippen molar-refractivity contribution in [1.29, 1.82) is 0 Å². The SMILES string of the molecule is CC/C(=C\C[C@@H](C)[C@@H]1CC[C@H]2[C@@H]3CC[C@H]4C[C@@H](O)CC[C@]4(C)[C@H]3CC[C@@]21C)C(C)C. The van der Waals surface area contributed by atoms with Gasteiger partial charge in [0.2, 0.25) is 0 Å². The zero-order valence-electron chi connectivity index (χ0n) is 20.9. The van der Waals surface area contributed by atoms with E-state index in [0.717, 1.165) is 48.3 Å². The highest BCUT2D eigenvalue weighted by Gasteiger charge is 2.60. The van der Waals surface area contributed by atoms with Gasteiger partial charge in [-0.05, 0) is 123 Å². The first kappa shape index (κ1) is 22.9. The van der Waals surface area contributed by atoms with Crippen molar-refractivity contribution in [3.63, 3.8) is 0 Å². The molecule has 0 radical (unpaired) electrons. The summed E-state index contributed by atoms with van der Waals surface area (Å²) < 4.78 is 0. The first-order valence-electron chi connectivity index (χ1n) is 13.6. The normalized spacial score (nSPS) is 47.5. The summed E-state index contributed by atoms with van der Waals surface area (Å²) in [6, 6.07) is 0. The van der Waals surface area contributed by atoms with Gasteiger partial charge in [-0.3, -0.25) is 0 Å². The molecule has 0 bridgehead atoms. The van der Waals surface area contributed by atoms with Crippen LogP contribution in [0.1, 0.15) is 112 Å². The molecule has 30 heavy (non-hydrogen) atoms. The average Bonchev–Trinajstić information content (AvgIpc) is 3.06. The second-order valence-corrected chi connectivity index (χ2v) is 12.8. The van der Waals surface area contributed by atoms with Crippen molar-refractivity contribution in [2.24, 2.45) is 52.3 Å². The minimum atomic E-state index is -0.0166. The maximum Gasteiger partial charge on any atom is 0.0543 e. The highest BCUT2D eigenvalue weighted by atomic mass is 16.3. The Morgan fingerprint density at radius 1 is 0.933 bits per heavy atom. The van der Waals surface area contributed by atoms with Crippen LogP contribution in [0.15, 0.2) is 11.6 Å². The van der Waals surface area contributed by atoms with Crippen molar-refractivity contribution in [2.75, 3.05) is 0 Å². The molecule has 0 aromatic carbocycles. The third kappa shape index (κ3) is 3.74. The molecule has 1 nitrogen and oxygen atoms in total. The topological polar surface area (TPSA) is 20.2 Å². The maximum atomic E-state index is 10.3. The van der Waals surface area contributed by atoms with Crippen molar-refractivity contribution in [3.05, 3.63) is 11.6 Å². The lowest BCUT2D eigenvalue weighted by atomic mass is 9.44. The largest absolute Gasteiger partial charge is 0.393 e. The van der Waals surface area contributed by atoms with E-state index in [2.05, 4.69) is 47.6 Å². The number of hydrogen-bond acceptors (Lipinski definition) is 1. The van der Waals surface area contributed by atoms with Crippen LogP contribution in [0.4, 0.5) is 0 Å². The summed E-state index contributed by atoms with van der Waals surface area (Å²) in [6.45, 7) is 14.9. The molecule has 4 saturated carbocycles. The van der Waals surface area contributed by atoms with Crippen LogP contribution in [0.3, 0.4) is 0 Å². The van der Waals surface area contributed by atoms with E-state index < -0.39 is 0 Å².